The third kappa shape index (κ3) is 7.61. The Hall–Kier alpha value is -2.21. The minimum absolute atomic E-state index is 0.0162. The van der Waals surface area contributed by atoms with Gasteiger partial charge in [0.15, 0.2) is 5.78 Å². The molecule has 0 spiro atoms. The molecular weight excluding hydrogens is 366 g/mol. The molecule has 6 nitrogen and oxygen atoms in total. The molecule has 1 aromatic rings. The summed E-state index contributed by atoms with van der Waals surface area (Å²) in [6.07, 6.45) is 2.32. The molecule has 1 aliphatic rings. The van der Waals surface area contributed by atoms with E-state index >= 15 is 0 Å². The van der Waals surface area contributed by atoms with Crippen molar-refractivity contribution in [3.05, 3.63) is 35.4 Å². The maximum atomic E-state index is 12.6. The normalized spacial score (nSPS) is 15.3. The number of rotatable bonds is 8. The number of carbonyl (C=O) groups is 3. The third-order valence-electron chi connectivity index (χ3n) is 5.28. The van der Waals surface area contributed by atoms with Crippen molar-refractivity contribution < 1.29 is 14.4 Å². The number of hydrogen-bond acceptors (Lipinski definition) is 4. The van der Waals surface area contributed by atoms with Gasteiger partial charge in [0, 0.05) is 58.7 Å². The second-order valence-electron chi connectivity index (χ2n) is 8.52. The molecule has 0 radical (unpaired) electrons. The molecule has 0 N–H and O–H groups in total. The van der Waals surface area contributed by atoms with Crippen LogP contribution >= 0.6 is 0 Å². The Bertz CT molecular complexity index is 698. The van der Waals surface area contributed by atoms with Crippen molar-refractivity contribution in [2.24, 2.45) is 5.92 Å². The van der Waals surface area contributed by atoms with Crippen LogP contribution in [0.25, 0.3) is 0 Å². The summed E-state index contributed by atoms with van der Waals surface area (Å²) in [5.74, 6) is 0.701. The van der Waals surface area contributed by atoms with Crippen LogP contribution in [-0.4, -0.2) is 79.1 Å². The number of likely N-dealkylation sites (N-methyl/N-ethyl adjacent to an activating group) is 1. The molecule has 0 saturated carbocycles. The van der Waals surface area contributed by atoms with Crippen molar-refractivity contribution in [3.8, 4) is 0 Å². The van der Waals surface area contributed by atoms with Gasteiger partial charge in [-0.25, -0.2) is 0 Å². The monoisotopic (exact) mass is 401 g/mol. The average molecular weight is 402 g/mol. The molecule has 0 atom stereocenters. The summed E-state index contributed by atoms with van der Waals surface area (Å²) < 4.78 is 0. The molecular formula is C23H35N3O3. The summed E-state index contributed by atoms with van der Waals surface area (Å²) >= 11 is 0. The fourth-order valence-electron chi connectivity index (χ4n) is 3.53. The SMILES string of the molecule is CC(C)Cc1ccc(C(=O)CCC(=O)N2CCCN(CC(=O)N(C)C)CC2)cc1. The number of ketones is 1. The van der Waals surface area contributed by atoms with Gasteiger partial charge in [-0.15, -0.1) is 0 Å². The summed E-state index contributed by atoms with van der Waals surface area (Å²) in [4.78, 5) is 42.4. The van der Waals surface area contributed by atoms with E-state index in [-0.39, 0.29) is 30.4 Å². The van der Waals surface area contributed by atoms with Crippen LogP contribution < -0.4 is 0 Å². The highest BCUT2D eigenvalue weighted by atomic mass is 16.2. The average Bonchev–Trinajstić information content (AvgIpc) is 2.91. The van der Waals surface area contributed by atoms with Gasteiger partial charge >= 0.3 is 0 Å². The standard InChI is InChI=1S/C23H35N3O3/c1-18(2)16-19-6-8-20(9-7-19)21(27)10-11-22(28)26-13-5-12-25(14-15-26)17-23(29)24(3)4/h6-9,18H,5,10-17H2,1-4H3. The number of hydrogen-bond donors (Lipinski definition) is 0. The fourth-order valence-corrected chi connectivity index (χ4v) is 3.53. The lowest BCUT2D eigenvalue weighted by Crippen LogP contribution is -2.39. The van der Waals surface area contributed by atoms with Crippen LogP contribution in [0.2, 0.25) is 0 Å². The molecule has 1 aromatic carbocycles. The molecule has 2 amide bonds. The van der Waals surface area contributed by atoms with Gasteiger partial charge in [-0.2, -0.15) is 0 Å². The highest BCUT2D eigenvalue weighted by Gasteiger charge is 2.21. The van der Waals surface area contributed by atoms with E-state index in [0.717, 1.165) is 19.4 Å². The Balaban J connectivity index is 1.79. The molecule has 1 fully saturated rings. The number of amides is 2. The van der Waals surface area contributed by atoms with E-state index in [1.807, 2.05) is 29.2 Å². The molecule has 1 aliphatic heterocycles. The zero-order valence-corrected chi connectivity index (χ0v) is 18.3. The van der Waals surface area contributed by atoms with Crippen LogP contribution in [0, 0.1) is 5.92 Å². The Kier molecular flexibility index (Phi) is 8.83. The van der Waals surface area contributed by atoms with Crippen LogP contribution in [-0.2, 0) is 16.0 Å². The lowest BCUT2D eigenvalue weighted by atomic mass is 9.99. The minimum Gasteiger partial charge on any atom is -0.348 e. The van der Waals surface area contributed by atoms with Gasteiger partial charge < -0.3 is 9.80 Å². The molecule has 1 heterocycles. The van der Waals surface area contributed by atoms with E-state index in [1.54, 1.807) is 19.0 Å². The minimum atomic E-state index is 0.0162. The molecule has 0 aromatic heterocycles. The van der Waals surface area contributed by atoms with E-state index in [4.69, 9.17) is 0 Å². The molecule has 6 heteroatoms. The predicted octanol–water partition coefficient (Wildman–Crippen LogP) is 2.47. The van der Waals surface area contributed by atoms with E-state index in [0.29, 0.717) is 37.7 Å². The topological polar surface area (TPSA) is 60.9 Å². The molecule has 1 saturated heterocycles. The molecule has 160 valence electrons. The van der Waals surface area contributed by atoms with Crippen molar-refractivity contribution in [2.45, 2.75) is 39.5 Å². The lowest BCUT2D eigenvalue weighted by Gasteiger charge is -2.22. The van der Waals surface area contributed by atoms with Crippen LogP contribution in [0.1, 0.15) is 49.0 Å². The Morgan fingerprint density at radius 1 is 0.966 bits per heavy atom. The summed E-state index contributed by atoms with van der Waals surface area (Å²) in [6, 6.07) is 7.76. The predicted molar refractivity (Wildman–Crippen MR) is 115 cm³/mol. The van der Waals surface area contributed by atoms with E-state index in [9.17, 15) is 14.4 Å². The van der Waals surface area contributed by atoms with Gasteiger partial charge in [0.25, 0.3) is 0 Å². The van der Waals surface area contributed by atoms with Gasteiger partial charge in [-0.3, -0.25) is 19.3 Å². The second kappa shape index (κ2) is 11.1. The smallest absolute Gasteiger partial charge is 0.236 e. The first-order valence-corrected chi connectivity index (χ1v) is 10.6. The van der Waals surface area contributed by atoms with Crippen molar-refractivity contribution in [2.75, 3.05) is 46.8 Å². The van der Waals surface area contributed by atoms with Gasteiger partial charge in [-0.05, 0) is 24.3 Å². The molecule has 2 rings (SSSR count). The van der Waals surface area contributed by atoms with Gasteiger partial charge in [-0.1, -0.05) is 38.1 Å². The van der Waals surface area contributed by atoms with Crippen LogP contribution in [0.4, 0.5) is 0 Å². The van der Waals surface area contributed by atoms with Crippen molar-refractivity contribution >= 4 is 17.6 Å². The first kappa shape index (κ1) is 23.1. The van der Waals surface area contributed by atoms with E-state index in [1.165, 1.54) is 5.56 Å². The van der Waals surface area contributed by atoms with Crippen LogP contribution in [0.5, 0.6) is 0 Å². The fraction of sp³-hybridized carbons (Fsp3) is 0.609. The molecule has 0 aliphatic carbocycles. The zero-order valence-electron chi connectivity index (χ0n) is 18.3. The van der Waals surface area contributed by atoms with Gasteiger partial charge in [0.2, 0.25) is 11.8 Å². The molecule has 29 heavy (non-hydrogen) atoms. The van der Waals surface area contributed by atoms with Crippen LogP contribution in [0.15, 0.2) is 24.3 Å². The number of nitrogens with zero attached hydrogens (tertiary/aromatic N) is 3. The number of benzene rings is 1. The van der Waals surface area contributed by atoms with Crippen molar-refractivity contribution in [3.63, 3.8) is 0 Å². The van der Waals surface area contributed by atoms with Crippen molar-refractivity contribution in [1.82, 2.24) is 14.7 Å². The first-order valence-electron chi connectivity index (χ1n) is 10.6. The van der Waals surface area contributed by atoms with E-state index in [2.05, 4.69) is 18.7 Å². The third-order valence-corrected chi connectivity index (χ3v) is 5.28. The maximum Gasteiger partial charge on any atom is 0.236 e. The van der Waals surface area contributed by atoms with E-state index < -0.39 is 0 Å². The largest absolute Gasteiger partial charge is 0.348 e. The van der Waals surface area contributed by atoms with Crippen LogP contribution in [0.3, 0.4) is 0 Å². The summed E-state index contributed by atoms with van der Waals surface area (Å²) in [5.41, 5.74) is 1.91. The zero-order chi connectivity index (χ0) is 21.4. The second-order valence-corrected chi connectivity index (χ2v) is 8.52. The Labute approximate surface area is 174 Å². The summed E-state index contributed by atoms with van der Waals surface area (Å²) in [6.45, 7) is 7.53. The Morgan fingerprint density at radius 2 is 1.66 bits per heavy atom. The highest BCUT2D eigenvalue weighted by molar-refractivity contribution is 5.98. The maximum absolute atomic E-state index is 12.6. The van der Waals surface area contributed by atoms with Crippen molar-refractivity contribution in [1.29, 1.82) is 0 Å². The highest BCUT2D eigenvalue weighted by Crippen LogP contribution is 2.13. The number of Topliss-reactive ketones (excluding diaryl/α,β-unsaturated/α-hetero) is 1. The van der Waals surface area contributed by atoms with Gasteiger partial charge in [0.05, 0.1) is 6.54 Å². The quantitative estimate of drug-likeness (QED) is 0.628. The summed E-state index contributed by atoms with van der Waals surface area (Å²) in [5, 5.41) is 0. The number of carbonyl (C=O) groups excluding carboxylic acids is 3. The Morgan fingerprint density at radius 3 is 2.28 bits per heavy atom. The molecule has 0 bridgehead atoms. The summed E-state index contributed by atoms with van der Waals surface area (Å²) in [7, 11) is 3.51. The lowest BCUT2D eigenvalue weighted by molar-refractivity contribution is -0.131. The molecule has 0 unspecified atom stereocenters. The first-order chi connectivity index (χ1) is 13.8. The van der Waals surface area contributed by atoms with Gasteiger partial charge in [0.1, 0.15) is 0 Å².